The summed E-state index contributed by atoms with van der Waals surface area (Å²) < 4.78 is 5.34. The van der Waals surface area contributed by atoms with Gasteiger partial charge in [0.25, 0.3) is 0 Å². The second kappa shape index (κ2) is 6.34. The number of nitrogens with zero attached hydrogens (tertiary/aromatic N) is 4. The maximum Gasteiger partial charge on any atom is 0.237 e. The maximum atomic E-state index is 5.34. The molecule has 1 atom stereocenters. The fourth-order valence-corrected chi connectivity index (χ4v) is 2.86. The van der Waals surface area contributed by atoms with E-state index in [1.807, 2.05) is 12.1 Å². The Morgan fingerprint density at radius 1 is 1.45 bits per heavy atom. The minimum atomic E-state index is 0.201. The molecule has 0 bridgehead atoms. The number of thioether (sulfide) groups is 1. The zero-order valence-corrected chi connectivity index (χ0v) is 12.1. The molecule has 1 unspecified atom stereocenters. The van der Waals surface area contributed by atoms with Crippen LogP contribution in [0.4, 0.5) is 0 Å². The van der Waals surface area contributed by atoms with E-state index in [2.05, 4.69) is 32.4 Å². The average molecular weight is 291 g/mol. The molecule has 0 radical (unpaired) electrons. The molecule has 2 aromatic rings. The monoisotopic (exact) mass is 291 g/mol. The van der Waals surface area contributed by atoms with E-state index >= 15 is 0 Å². The number of hydrogen-bond acceptors (Lipinski definition) is 7. The van der Waals surface area contributed by atoms with Crippen LogP contribution in [0.3, 0.4) is 0 Å². The highest BCUT2D eigenvalue weighted by atomic mass is 32.2. The van der Waals surface area contributed by atoms with Crippen molar-refractivity contribution in [1.82, 2.24) is 25.3 Å². The molecular formula is C13H17N5OS. The molecule has 1 fully saturated rings. The van der Waals surface area contributed by atoms with Gasteiger partial charge < -0.3 is 9.84 Å². The molecule has 1 aliphatic rings. The van der Waals surface area contributed by atoms with Gasteiger partial charge in [-0.05, 0) is 19.2 Å². The predicted molar refractivity (Wildman–Crippen MR) is 76.3 cm³/mol. The summed E-state index contributed by atoms with van der Waals surface area (Å²) in [5.41, 5.74) is 0. The Bertz CT molecular complexity index is 547. The van der Waals surface area contributed by atoms with E-state index in [4.69, 9.17) is 4.52 Å². The lowest BCUT2D eigenvalue weighted by molar-refractivity contribution is 0.190. The first kappa shape index (κ1) is 13.5. The molecule has 0 spiro atoms. The van der Waals surface area contributed by atoms with Crippen LogP contribution in [-0.4, -0.2) is 46.7 Å². The van der Waals surface area contributed by atoms with Gasteiger partial charge in [0.05, 0.1) is 11.8 Å². The van der Waals surface area contributed by atoms with Crippen molar-refractivity contribution in [3.63, 3.8) is 0 Å². The molecule has 0 amide bonds. The van der Waals surface area contributed by atoms with E-state index < -0.39 is 0 Å². The number of hydrogen-bond donors (Lipinski definition) is 1. The zero-order chi connectivity index (χ0) is 13.8. The Balaban J connectivity index is 1.62. The van der Waals surface area contributed by atoms with E-state index in [0.717, 1.165) is 30.4 Å². The van der Waals surface area contributed by atoms with E-state index in [0.29, 0.717) is 11.6 Å². The van der Waals surface area contributed by atoms with Crippen molar-refractivity contribution in [1.29, 1.82) is 0 Å². The fourth-order valence-electron chi connectivity index (χ4n) is 2.14. The summed E-state index contributed by atoms with van der Waals surface area (Å²) in [5, 5.41) is 7.46. The van der Waals surface area contributed by atoms with Crippen LogP contribution < -0.4 is 5.32 Å². The van der Waals surface area contributed by atoms with Crippen LogP contribution in [0.5, 0.6) is 0 Å². The number of likely N-dealkylation sites (N-methyl/N-ethyl adjacent to an activating group) is 1. The number of aromatic nitrogens is 3. The van der Waals surface area contributed by atoms with Crippen molar-refractivity contribution in [2.75, 3.05) is 26.7 Å². The van der Waals surface area contributed by atoms with Gasteiger partial charge in [0.15, 0.2) is 5.82 Å². The first-order valence-electron chi connectivity index (χ1n) is 6.59. The van der Waals surface area contributed by atoms with E-state index in [9.17, 15) is 0 Å². The Kier molecular flexibility index (Phi) is 4.29. The van der Waals surface area contributed by atoms with Gasteiger partial charge in [-0.2, -0.15) is 4.98 Å². The summed E-state index contributed by atoms with van der Waals surface area (Å²) in [4.78, 5) is 11.9. The number of rotatable bonds is 4. The SMILES string of the molecule is CN1CCNCC1c1noc(CSc2ccncc2)n1. The van der Waals surface area contributed by atoms with Crippen molar-refractivity contribution in [2.24, 2.45) is 0 Å². The second-order valence-electron chi connectivity index (χ2n) is 4.72. The largest absolute Gasteiger partial charge is 0.338 e. The van der Waals surface area contributed by atoms with Crippen LogP contribution in [0.2, 0.25) is 0 Å². The van der Waals surface area contributed by atoms with E-state index in [-0.39, 0.29) is 6.04 Å². The molecule has 0 saturated carbocycles. The molecule has 3 rings (SSSR count). The summed E-state index contributed by atoms with van der Waals surface area (Å²) in [6.45, 7) is 2.88. The minimum Gasteiger partial charge on any atom is -0.338 e. The van der Waals surface area contributed by atoms with Crippen molar-refractivity contribution in [3.8, 4) is 0 Å². The van der Waals surface area contributed by atoms with Crippen LogP contribution in [0.15, 0.2) is 33.9 Å². The Hall–Kier alpha value is -1.44. The Morgan fingerprint density at radius 3 is 3.10 bits per heavy atom. The third-order valence-electron chi connectivity index (χ3n) is 3.30. The molecule has 3 heterocycles. The highest BCUT2D eigenvalue weighted by Crippen LogP contribution is 2.23. The number of pyridine rings is 1. The second-order valence-corrected chi connectivity index (χ2v) is 5.77. The smallest absolute Gasteiger partial charge is 0.237 e. The Morgan fingerprint density at radius 2 is 2.30 bits per heavy atom. The standard InChI is InChI=1S/C13H17N5OS/c1-18-7-6-15-8-11(18)13-16-12(19-17-13)9-20-10-2-4-14-5-3-10/h2-5,11,15H,6-9H2,1H3. The van der Waals surface area contributed by atoms with Crippen LogP contribution >= 0.6 is 11.8 Å². The predicted octanol–water partition coefficient (Wildman–Crippen LogP) is 1.33. The van der Waals surface area contributed by atoms with Crippen LogP contribution in [-0.2, 0) is 5.75 Å². The normalized spacial score (nSPS) is 20.1. The summed E-state index contributed by atoms with van der Waals surface area (Å²) >= 11 is 1.67. The summed E-state index contributed by atoms with van der Waals surface area (Å²) in [7, 11) is 2.09. The van der Waals surface area contributed by atoms with E-state index in [1.54, 1.807) is 24.2 Å². The summed E-state index contributed by atoms with van der Waals surface area (Å²) in [6.07, 6.45) is 3.56. The molecular weight excluding hydrogens is 274 g/mol. The van der Waals surface area contributed by atoms with Gasteiger partial charge in [-0.3, -0.25) is 9.88 Å². The minimum absolute atomic E-state index is 0.201. The molecule has 20 heavy (non-hydrogen) atoms. The maximum absolute atomic E-state index is 5.34. The van der Waals surface area contributed by atoms with Crippen molar-refractivity contribution >= 4 is 11.8 Å². The topological polar surface area (TPSA) is 67.1 Å². The third-order valence-corrected chi connectivity index (χ3v) is 4.30. The first-order valence-corrected chi connectivity index (χ1v) is 7.58. The third kappa shape index (κ3) is 3.17. The zero-order valence-electron chi connectivity index (χ0n) is 11.3. The lowest BCUT2D eigenvalue weighted by Gasteiger charge is -2.30. The lowest BCUT2D eigenvalue weighted by atomic mass is 10.2. The lowest BCUT2D eigenvalue weighted by Crippen LogP contribution is -2.44. The first-order chi connectivity index (χ1) is 9.83. The fraction of sp³-hybridized carbons (Fsp3) is 0.462. The molecule has 7 heteroatoms. The van der Waals surface area contributed by atoms with Crippen molar-refractivity contribution < 1.29 is 4.52 Å². The molecule has 1 aliphatic heterocycles. The van der Waals surface area contributed by atoms with Gasteiger partial charge in [-0.1, -0.05) is 5.16 Å². The van der Waals surface area contributed by atoms with Crippen LogP contribution in [0.1, 0.15) is 17.8 Å². The van der Waals surface area contributed by atoms with E-state index in [1.165, 1.54) is 0 Å². The van der Waals surface area contributed by atoms with Crippen molar-refractivity contribution in [3.05, 3.63) is 36.2 Å². The Labute approximate surface area is 122 Å². The number of piperazine rings is 1. The average Bonchev–Trinajstić information content (AvgIpc) is 2.95. The van der Waals surface area contributed by atoms with Crippen molar-refractivity contribution in [2.45, 2.75) is 16.7 Å². The highest BCUT2D eigenvalue weighted by molar-refractivity contribution is 7.98. The van der Waals surface area contributed by atoms with Crippen LogP contribution in [0, 0.1) is 0 Å². The van der Waals surface area contributed by atoms with Gasteiger partial charge in [-0.15, -0.1) is 11.8 Å². The molecule has 0 aromatic carbocycles. The van der Waals surface area contributed by atoms with Crippen LogP contribution in [0.25, 0.3) is 0 Å². The van der Waals surface area contributed by atoms with Gasteiger partial charge in [0.2, 0.25) is 5.89 Å². The van der Waals surface area contributed by atoms with Gasteiger partial charge in [-0.25, -0.2) is 0 Å². The van der Waals surface area contributed by atoms with Gasteiger partial charge in [0.1, 0.15) is 0 Å². The highest BCUT2D eigenvalue weighted by Gasteiger charge is 2.25. The quantitative estimate of drug-likeness (QED) is 0.852. The molecule has 6 nitrogen and oxygen atoms in total. The summed E-state index contributed by atoms with van der Waals surface area (Å²) in [5.74, 6) is 2.12. The summed E-state index contributed by atoms with van der Waals surface area (Å²) in [6, 6.07) is 4.15. The molecule has 1 N–H and O–H groups in total. The van der Waals surface area contributed by atoms with Gasteiger partial charge >= 0.3 is 0 Å². The molecule has 1 saturated heterocycles. The molecule has 106 valence electrons. The molecule has 0 aliphatic carbocycles. The molecule has 2 aromatic heterocycles. The number of nitrogens with one attached hydrogen (secondary N) is 1. The van der Waals surface area contributed by atoms with Gasteiger partial charge in [0, 0.05) is 36.9 Å².